The molecule has 0 bridgehead atoms. The van der Waals surface area contributed by atoms with E-state index in [1.807, 2.05) is 0 Å². The smallest absolute Gasteiger partial charge is 0.201 e. The van der Waals surface area contributed by atoms with E-state index in [1.165, 1.54) is 42.5 Å². The number of nitrogens with zero attached hydrogens (tertiary/aromatic N) is 1. The van der Waals surface area contributed by atoms with Gasteiger partial charge < -0.3 is 0 Å². The van der Waals surface area contributed by atoms with Crippen molar-refractivity contribution in [2.75, 3.05) is 0 Å². The third-order valence-electron chi connectivity index (χ3n) is 4.78. The van der Waals surface area contributed by atoms with E-state index in [1.54, 1.807) is 11.1 Å². The van der Waals surface area contributed by atoms with E-state index in [2.05, 4.69) is 62.0 Å². The predicted molar refractivity (Wildman–Crippen MR) is 83.8 cm³/mol. The van der Waals surface area contributed by atoms with E-state index < -0.39 is 0 Å². The Balaban J connectivity index is 2.23. The van der Waals surface area contributed by atoms with E-state index in [-0.39, 0.29) is 0 Å². The Morgan fingerprint density at radius 1 is 1.20 bits per heavy atom. The number of aromatic nitrogens is 1. The maximum Gasteiger partial charge on any atom is 0.216 e. The molecule has 0 fully saturated rings. The minimum atomic E-state index is 0.753. The van der Waals surface area contributed by atoms with Gasteiger partial charge in [-0.05, 0) is 55.7 Å². The molecule has 1 aromatic heterocycles. The Morgan fingerprint density at radius 3 is 2.75 bits per heavy atom. The Hall–Kier alpha value is -1.63. The second kappa shape index (κ2) is 5.40. The van der Waals surface area contributed by atoms with E-state index in [0.717, 1.165) is 5.92 Å². The molecule has 1 aliphatic rings. The van der Waals surface area contributed by atoms with Gasteiger partial charge in [0.1, 0.15) is 7.05 Å². The normalized spacial score (nSPS) is 17.9. The zero-order valence-corrected chi connectivity index (χ0v) is 12.8. The van der Waals surface area contributed by atoms with Gasteiger partial charge in [0.15, 0.2) is 6.20 Å². The molecule has 0 spiro atoms. The highest BCUT2D eigenvalue weighted by Gasteiger charge is 2.27. The molecule has 20 heavy (non-hydrogen) atoms. The van der Waals surface area contributed by atoms with Crippen LogP contribution in [0.25, 0.3) is 11.3 Å². The van der Waals surface area contributed by atoms with Crippen LogP contribution < -0.4 is 4.57 Å². The minimum absolute atomic E-state index is 0.753. The second-order valence-electron chi connectivity index (χ2n) is 6.02. The Kier molecular flexibility index (Phi) is 3.60. The van der Waals surface area contributed by atoms with Gasteiger partial charge in [-0.25, -0.2) is 4.57 Å². The quantitative estimate of drug-likeness (QED) is 0.713. The number of pyridine rings is 1. The number of aryl methyl sites for hydroxylation is 2. The molecule has 2 aromatic rings. The molecule has 0 saturated carbocycles. The molecule has 1 unspecified atom stereocenters. The van der Waals surface area contributed by atoms with E-state index in [4.69, 9.17) is 0 Å². The number of hydrogen-bond donors (Lipinski definition) is 0. The summed E-state index contributed by atoms with van der Waals surface area (Å²) in [6, 6.07) is 11.1. The van der Waals surface area contributed by atoms with Crippen molar-refractivity contribution in [3.8, 4) is 11.3 Å². The molecule has 0 aliphatic heterocycles. The van der Waals surface area contributed by atoms with Crippen molar-refractivity contribution in [2.24, 2.45) is 7.05 Å². The first-order valence-corrected chi connectivity index (χ1v) is 7.79. The molecule has 0 radical (unpaired) electrons. The second-order valence-corrected chi connectivity index (χ2v) is 6.02. The molecule has 0 saturated heterocycles. The molecule has 1 atom stereocenters. The minimum Gasteiger partial charge on any atom is -0.201 e. The maximum atomic E-state index is 2.35. The summed E-state index contributed by atoms with van der Waals surface area (Å²) < 4.78 is 2.30. The average Bonchev–Trinajstić information content (AvgIpc) is 2.47. The van der Waals surface area contributed by atoms with Crippen LogP contribution in [0.15, 0.2) is 36.5 Å². The van der Waals surface area contributed by atoms with Crippen LogP contribution in [0.4, 0.5) is 0 Å². The zero-order valence-electron chi connectivity index (χ0n) is 12.8. The Morgan fingerprint density at radius 2 is 2.00 bits per heavy atom. The van der Waals surface area contributed by atoms with Gasteiger partial charge in [-0.3, -0.25) is 0 Å². The van der Waals surface area contributed by atoms with Crippen molar-refractivity contribution in [3.05, 3.63) is 53.2 Å². The summed E-state index contributed by atoms with van der Waals surface area (Å²) in [6.45, 7) is 4.54. The van der Waals surface area contributed by atoms with Crippen LogP contribution in [-0.4, -0.2) is 0 Å². The van der Waals surface area contributed by atoms with Crippen LogP contribution in [0.3, 0.4) is 0 Å². The van der Waals surface area contributed by atoms with Gasteiger partial charge >= 0.3 is 0 Å². The third-order valence-corrected chi connectivity index (χ3v) is 4.78. The van der Waals surface area contributed by atoms with Crippen molar-refractivity contribution < 1.29 is 4.57 Å². The molecule has 1 nitrogen and oxygen atoms in total. The average molecular weight is 266 g/mol. The first-order valence-electron chi connectivity index (χ1n) is 7.79. The summed E-state index contributed by atoms with van der Waals surface area (Å²) in [4.78, 5) is 0. The highest BCUT2D eigenvalue weighted by atomic mass is 14.9. The van der Waals surface area contributed by atoms with Crippen molar-refractivity contribution in [2.45, 2.75) is 45.4 Å². The van der Waals surface area contributed by atoms with Gasteiger partial charge in [0.2, 0.25) is 5.69 Å². The van der Waals surface area contributed by atoms with Crippen molar-refractivity contribution in [3.63, 3.8) is 0 Å². The summed E-state index contributed by atoms with van der Waals surface area (Å²) in [5.41, 5.74) is 7.37. The highest BCUT2D eigenvalue weighted by Crippen LogP contribution is 2.37. The third kappa shape index (κ3) is 2.15. The molecular formula is C19H24N+. The lowest BCUT2D eigenvalue weighted by Gasteiger charge is -2.25. The lowest BCUT2D eigenvalue weighted by molar-refractivity contribution is -0.660. The summed E-state index contributed by atoms with van der Waals surface area (Å²) in [7, 11) is 2.18. The monoisotopic (exact) mass is 266 g/mol. The number of fused-ring (bicyclic) bond motifs is 1. The summed E-state index contributed by atoms with van der Waals surface area (Å²) >= 11 is 0. The first-order chi connectivity index (χ1) is 9.72. The molecule has 0 N–H and O–H groups in total. The first kappa shape index (κ1) is 13.4. The maximum absolute atomic E-state index is 2.35. The van der Waals surface area contributed by atoms with Gasteiger partial charge in [-0.2, -0.15) is 0 Å². The Bertz CT molecular complexity index is 628. The zero-order chi connectivity index (χ0) is 14.1. The molecule has 1 heterocycles. The number of benzene rings is 1. The molecule has 1 aliphatic carbocycles. The van der Waals surface area contributed by atoms with E-state index in [0.29, 0.717) is 0 Å². The van der Waals surface area contributed by atoms with Crippen LogP contribution in [0.1, 0.15) is 48.8 Å². The fourth-order valence-electron chi connectivity index (χ4n) is 3.66. The SMILES string of the molecule is CCC1CCCc2c1cc[n+](C)c2-c1ccccc1C. The van der Waals surface area contributed by atoms with Crippen LogP contribution in [0.2, 0.25) is 0 Å². The largest absolute Gasteiger partial charge is 0.216 e. The van der Waals surface area contributed by atoms with Crippen molar-refractivity contribution in [1.82, 2.24) is 0 Å². The molecular weight excluding hydrogens is 242 g/mol. The summed E-state index contributed by atoms with van der Waals surface area (Å²) in [5.74, 6) is 0.753. The van der Waals surface area contributed by atoms with E-state index in [9.17, 15) is 0 Å². The topological polar surface area (TPSA) is 3.88 Å². The molecule has 1 aromatic carbocycles. The van der Waals surface area contributed by atoms with Crippen molar-refractivity contribution >= 4 is 0 Å². The molecule has 1 heteroatoms. The molecule has 104 valence electrons. The lowest BCUT2D eigenvalue weighted by atomic mass is 9.80. The van der Waals surface area contributed by atoms with Crippen LogP contribution >= 0.6 is 0 Å². The van der Waals surface area contributed by atoms with Crippen LogP contribution in [0.5, 0.6) is 0 Å². The highest BCUT2D eigenvalue weighted by molar-refractivity contribution is 5.66. The predicted octanol–water partition coefficient (Wildman–Crippen LogP) is 4.32. The number of rotatable bonds is 2. The van der Waals surface area contributed by atoms with Crippen LogP contribution in [0, 0.1) is 6.92 Å². The fourth-order valence-corrected chi connectivity index (χ4v) is 3.66. The van der Waals surface area contributed by atoms with Gasteiger partial charge in [0, 0.05) is 17.2 Å². The fraction of sp³-hybridized carbons (Fsp3) is 0.421. The van der Waals surface area contributed by atoms with Crippen LogP contribution in [-0.2, 0) is 13.5 Å². The summed E-state index contributed by atoms with van der Waals surface area (Å²) in [6.07, 6.45) is 7.41. The Labute approximate surface area is 122 Å². The van der Waals surface area contributed by atoms with Gasteiger partial charge in [0.25, 0.3) is 0 Å². The number of hydrogen-bond acceptors (Lipinski definition) is 0. The van der Waals surface area contributed by atoms with Gasteiger partial charge in [-0.1, -0.05) is 25.1 Å². The van der Waals surface area contributed by atoms with Gasteiger partial charge in [0.05, 0.1) is 0 Å². The molecule has 3 rings (SSSR count). The summed E-state index contributed by atoms with van der Waals surface area (Å²) in [5, 5.41) is 0. The van der Waals surface area contributed by atoms with E-state index >= 15 is 0 Å². The van der Waals surface area contributed by atoms with Gasteiger partial charge in [-0.15, -0.1) is 0 Å². The lowest BCUT2D eigenvalue weighted by Crippen LogP contribution is -2.33. The standard InChI is InChI=1S/C19H24N/c1-4-15-9-7-11-18-17(15)12-13-20(3)19(18)16-10-6-5-8-14(16)2/h5-6,8,10,12-13,15H,4,7,9,11H2,1-3H3/q+1. The van der Waals surface area contributed by atoms with Crippen molar-refractivity contribution in [1.29, 1.82) is 0 Å². The molecule has 0 amide bonds.